The average molecular weight is 341 g/mol. The number of likely N-dealkylation sites (tertiary alicyclic amines) is 1. The van der Waals surface area contributed by atoms with Gasteiger partial charge in [0, 0.05) is 31.9 Å². The average Bonchev–Trinajstić information content (AvgIpc) is 3.19. The van der Waals surface area contributed by atoms with Crippen LogP contribution in [-0.4, -0.2) is 44.5 Å². The fourth-order valence-electron chi connectivity index (χ4n) is 4.46. The molecule has 1 aliphatic heterocycles. The van der Waals surface area contributed by atoms with E-state index >= 15 is 0 Å². The Morgan fingerprint density at radius 1 is 1.32 bits per heavy atom. The van der Waals surface area contributed by atoms with Crippen molar-refractivity contribution in [2.24, 2.45) is 23.5 Å². The zero-order valence-electron chi connectivity index (χ0n) is 15.1. The molecule has 2 N–H and O–H groups in total. The Kier molecular flexibility index (Phi) is 4.23. The zero-order chi connectivity index (χ0) is 17.6. The third kappa shape index (κ3) is 3.03. The zero-order valence-corrected chi connectivity index (χ0v) is 15.1. The maximum Gasteiger partial charge on any atom is 0.255 e. The molecule has 1 saturated heterocycles. The van der Waals surface area contributed by atoms with Crippen LogP contribution in [0.1, 0.15) is 43.5 Å². The van der Waals surface area contributed by atoms with Crippen LogP contribution in [0, 0.1) is 17.8 Å². The first-order valence-electron chi connectivity index (χ1n) is 9.38. The van der Waals surface area contributed by atoms with E-state index in [0.29, 0.717) is 23.3 Å². The summed E-state index contributed by atoms with van der Waals surface area (Å²) in [5, 5.41) is 0. The highest BCUT2D eigenvalue weighted by Gasteiger charge is 2.40. The summed E-state index contributed by atoms with van der Waals surface area (Å²) >= 11 is 0. The third-order valence-electron chi connectivity index (χ3n) is 5.71. The third-order valence-corrected chi connectivity index (χ3v) is 5.71. The van der Waals surface area contributed by atoms with Crippen molar-refractivity contribution in [1.29, 1.82) is 0 Å². The molecule has 1 amide bonds. The number of imidazole rings is 1. The minimum absolute atomic E-state index is 0.0643. The first-order valence-corrected chi connectivity index (χ1v) is 9.38. The lowest BCUT2D eigenvalue weighted by Crippen LogP contribution is -2.38. The van der Waals surface area contributed by atoms with Gasteiger partial charge >= 0.3 is 0 Å². The Labute approximate surface area is 148 Å². The summed E-state index contributed by atoms with van der Waals surface area (Å²) in [5.41, 5.74) is 8.55. The van der Waals surface area contributed by atoms with Gasteiger partial charge in [-0.05, 0) is 36.7 Å². The highest BCUT2D eigenvalue weighted by atomic mass is 16.2. The number of pyridine rings is 1. The molecular weight excluding hydrogens is 314 g/mol. The molecule has 0 unspecified atom stereocenters. The summed E-state index contributed by atoms with van der Waals surface area (Å²) in [6.07, 6.45) is 6.98. The van der Waals surface area contributed by atoms with E-state index in [2.05, 4.69) is 28.4 Å². The first kappa shape index (κ1) is 16.5. The molecule has 0 radical (unpaired) electrons. The second-order valence-corrected chi connectivity index (χ2v) is 8.09. The number of hydrogen-bond acceptors (Lipinski definition) is 4. The van der Waals surface area contributed by atoms with Crippen LogP contribution in [0.3, 0.4) is 0 Å². The van der Waals surface area contributed by atoms with Gasteiger partial charge < -0.3 is 15.2 Å². The smallest absolute Gasteiger partial charge is 0.255 e. The van der Waals surface area contributed by atoms with Gasteiger partial charge in [0.25, 0.3) is 5.91 Å². The van der Waals surface area contributed by atoms with Crippen LogP contribution in [0.5, 0.6) is 0 Å². The molecule has 134 valence electrons. The van der Waals surface area contributed by atoms with Crippen LogP contribution in [0.2, 0.25) is 0 Å². The molecule has 25 heavy (non-hydrogen) atoms. The number of carbonyl (C=O) groups is 1. The van der Waals surface area contributed by atoms with Gasteiger partial charge in [0.2, 0.25) is 0 Å². The Hall–Kier alpha value is -1.95. The molecular formula is C19H27N5O. The van der Waals surface area contributed by atoms with E-state index in [-0.39, 0.29) is 11.9 Å². The van der Waals surface area contributed by atoms with E-state index in [1.165, 1.54) is 12.8 Å². The van der Waals surface area contributed by atoms with Crippen molar-refractivity contribution in [3.05, 3.63) is 24.2 Å². The molecule has 2 aromatic rings. The fraction of sp³-hybridized carbons (Fsp3) is 0.632. The highest BCUT2D eigenvalue weighted by molar-refractivity contribution is 5.96. The SMILES string of the molecule is CC(C)Cn1cnc2cc(C(=O)N3C[C@H]4CCC[C@@H](N)[C@H]4C3)cnc21. The molecule has 0 aromatic carbocycles. The normalized spacial score (nSPS) is 26.4. The molecule has 6 nitrogen and oxygen atoms in total. The second-order valence-electron chi connectivity index (χ2n) is 8.09. The molecule has 3 heterocycles. The predicted molar refractivity (Wildman–Crippen MR) is 97.1 cm³/mol. The summed E-state index contributed by atoms with van der Waals surface area (Å²) in [4.78, 5) is 23.9. The van der Waals surface area contributed by atoms with Crippen molar-refractivity contribution < 1.29 is 4.79 Å². The lowest BCUT2D eigenvalue weighted by Gasteiger charge is -2.29. The molecule has 6 heteroatoms. The van der Waals surface area contributed by atoms with Gasteiger partial charge in [-0.15, -0.1) is 0 Å². The fourth-order valence-corrected chi connectivity index (χ4v) is 4.46. The first-order chi connectivity index (χ1) is 12.0. The summed E-state index contributed by atoms with van der Waals surface area (Å²) < 4.78 is 2.05. The van der Waals surface area contributed by atoms with Crippen molar-refractivity contribution in [1.82, 2.24) is 19.4 Å². The monoisotopic (exact) mass is 341 g/mol. The number of fused-ring (bicyclic) bond motifs is 2. The van der Waals surface area contributed by atoms with Crippen LogP contribution in [0.15, 0.2) is 18.6 Å². The summed E-state index contributed by atoms with van der Waals surface area (Å²) in [6.45, 7) is 6.83. The van der Waals surface area contributed by atoms with Crippen molar-refractivity contribution in [3.63, 3.8) is 0 Å². The minimum atomic E-state index is 0.0643. The van der Waals surface area contributed by atoms with E-state index in [0.717, 1.165) is 37.2 Å². The molecule has 0 spiro atoms. The topological polar surface area (TPSA) is 77.0 Å². The quantitative estimate of drug-likeness (QED) is 0.929. The van der Waals surface area contributed by atoms with Crippen molar-refractivity contribution in [2.45, 2.75) is 45.7 Å². The number of aromatic nitrogens is 3. The van der Waals surface area contributed by atoms with E-state index in [4.69, 9.17) is 5.73 Å². The number of hydrogen-bond donors (Lipinski definition) is 1. The number of nitrogens with zero attached hydrogens (tertiary/aromatic N) is 4. The van der Waals surface area contributed by atoms with Crippen LogP contribution in [0.4, 0.5) is 0 Å². The number of nitrogens with two attached hydrogens (primary N) is 1. The number of amides is 1. The highest BCUT2D eigenvalue weighted by Crippen LogP contribution is 2.36. The van der Waals surface area contributed by atoms with Crippen molar-refractivity contribution in [3.8, 4) is 0 Å². The largest absolute Gasteiger partial charge is 0.338 e. The molecule has 2 aliphatic rings. The maximum absolute atomic E-state index is 12.9. The standard InChI is InChI=1S/C19H27N5O/c1-12(2)8-24-11-22-17-6-14(7-21-18(17)24)19(25)23-9-13-4-3-5-16(20)15(13)10-23/h6-7,11-13,15-16H,3-5,8-10,20H2,1-2H3/t13-,15+,16-/m1/s1. The van der Waals surface area contributed by atoms with Gasteiger partial charge in [-0.25, -0.2) is 9.97 Å². The Morgan fingerprint density at radius 2 is 2.16 bits per heavy atom. The van der Waals surface area contributed by atoms with E-state index in [9.17, 15) is 4.79 Å². The lowest BCUT2D eigenvalue weighted by atomic mass is 9.78. The Bertz CT molecular complexity index is 783. The van der Waals surface area contributed by atoms with Crippen molar-refractivity contribution in [2.75, 3.05) is 13.1 Å². The molecule has 3 atom stereocenters. The van der Waals surface area contributed by atoms with Gasteiger partial charge in [-0.3, -0.25) is 4.79 Å². The van der Waals surface area contributed by atoms with Crippen LogP contribution < -0.4 is 5.73 Å². The lowest BCUT2D eigenvalue weighted by molar-refractivity contribution is 0.0783. The Morgan fingerprint density at radius 3 is 2.92 bits per heavy atom. The predicted octanol–water partition coefficient (Wildman–Crippen LogP) is 2.29. The molecule has 2 fully saturated rings. The second kappa shape index (κ2) is 6.41. The van der Waals surface area contributed by atoms with Gasteiger partial charge in [-0.1, -0.05) is 20.3 Å². The maximum atomic E-state index is 12.9. The van der Waals surface area contributed by atoms with Gasteiger partial charge in [0.15, 0.2) is 5.65 Å². The molecule has 4 rings (SSSR count). The van der Waals surface area contributed by atoms with E-state index in [1.54, 1.807) is 6.20 Å². The number of rotatable bonds is 3. The molecule has 0 bridgehead atoms. The van der Waals surface area contributed by atoms with Crippen LogP contribution >= 0.6 is 0 Å². The summed E-state index contributed by atoms with van der Waals surface area (Å²) in [7, 11) is 0. The van der Waals surface area contributed by atoms with E-state index < -0.39 is 0 Å². The van der Waals surface area contributed by atoms with Crippen molar-refractivity contribution >= 4 is 17.1 Å². The van der Waals surface area contributed by atoms with Gasteiger partial charge in [0.05, 0.1) is 11.9 Å². The van der Waals surface area contributed by atoms with Crippen LogP contribution in [-0.2, 0) is 6.54 Å². The summed E-state index contributed by atoms with van der Waals surface area (Å²) in [6, 6.07) is 2.12. The minimum Gasteiger partial charge on any atom is -0.338 e. The molecule has 1 aliphatic carbocycles. The molecule has 1 saturated carbocycles. The van der Waals surface area contributed by atoms with Crippen LogP contribution in [0.25, 0.3) is 11.2 Å². The Balaban J connectivity index is 1.54. The summed E-state index contributed by atoms with van der Waals surface area (Å²) in [5.74, 6) is 1.61. The van der Waals surface area contributed by atoms with E-state index in [1.807, 2.05) is 17.3 Å². The van der Waals surface area contributed by atoms with Gasteiger partial charge in [-0.2, -0.15) is 0 Å². The van der Waals surface area contributed by atoms with Gasteiger partial charge in [0.1, 0.15) is 5.52 Å². The molecule has 2 aromatic heterocycles. The number of carbonyl (C=O) groups excluding carboxylic acids is 1.